The number of terminal acetylenes is 1. The number of carbonyl (C=O) groups excluding carboxylic acids is 1. The van der Waals surface area contributed by atoms with Crippen molar-refractivity contribution in [1.29, 1.82) is 0 Å². The molecule has 0 spiro atoms. The number of hydrogen-bond acceptors (Lipinski definition) is 3. The standard InChI is InChI=1S/C14H21NO3S/c1-3-5-6-7-9-12(16)15-11(14(17)18)10-19-13(15)8-4-2/h1,11,13H,4-10H2,2H3,(H,17,18). The van der Waals surface area contributed by atoms with E-state index in [-0.39, 0.29) is 11.3 Å². The summed E-state index contributed by atoms with van der Waals surface area (Å²) in [6.07, 6.45) is 9.58. The summed E-state index contributed by atoms with van der Waals surface area (Å²) in [7, 11) is 0. The fraction of sp³-hybridized carbons (Fsp3) is 0.714. The first-order chi connectivity index (χ1) is 9.11. The summed E-state index contributed by atoms with van der Waals surface area (Å²) in [5, 5.41) is 9.21. The Balaban J connectivity index is 2.59. The van der Waals surface area contributed by atoms with Crippen molar-refractivity contribution >= 4 is 23.6 Å². The molecule has 19 heavy (non-hydrogen) atoms. The summed E-state index contributed by atoms with van der Waals surface area (Å²) in [4.78, 5) is 25.0. The molecule has 0 aliphatic carbocycles. The van der Waals surface area contributed by atoms with E-state index in [1.54, 1.807) is 16.7 Å². The first kappa shape index (κ1) is 15.9. The van der Waals surface area contributed by atoms with Crippen LogP contribution < -0.4 is 0 Å². The molecular weight excluding hydrogens is 262 g/mol. The normalized spacial score (nSPS) is 22.2. The number of carboxylic acids is 1. The average molecular weight is 283 g/mol. The number of carboxylic acid groups (broad SMARTS) is 1. The number of thioether (sulfide) groups is 1. The lowest BCUT2D eigenvalue weighted by Crippen LogP contribution is -2.45. The first-order valence-corrected chi connectivity index (χ1v) is 7.75. The van der Waals surface area contributed by atoms with Crippen molar-refractivity contribution in [2.75, 3.05) is 5.75 Å². The fourth-order valence-electron chi connectivity index (χ4n) is 2.19. The Morgan fingerprint density at radius 1 is 1.47 bits per heavy atom. The van der Waals surface area contributed by atoms with Crippen molar-refractivity contribution in [2.24, 2.45) is 0 Å². The number of nitrogens with zero attached hydrogens (tertiary/aromatic N) is 1. The first-order valence-electron chi connectivity index (χ1n) is 6.70. The van der Waals surface area contributed by atoms with Crippen molar-refractivity contribution in [2.45, 2.75) is 56.9 Å². The van der Waals surface area contributed by atoms with Crippen molar-refractivity contribution < 1.29 is 14.7 Å². The lowest BCUT2D eigenvalue weighted by Gasteiger charge is -2.27. The molecule has 1 heterocycles. The molecular formula is C14H21NO3S. The van der Waals surface area contributed by atoms with E-state index < -0.39 is 12.0 Å². The van der Waals surface area contributed by atoms with Gasteiger partial charge < -0.3 is 10.0 Å². The third-order valence-electron chi connectivity index (χ3n) is 3.16. The van der Waals surface area contributed by atoms with Crippen LogP contribution in [0, 0.1) is 12.3 Å². The Morgan fingerprint density at radius 2 is 2.21 bits per heavy atom. The molecule has 1 aliphatic rings. The molecule has 2 atom stereocenters. The van der Waals surface area contributed by atoms with Crippen molar-refractivity contribution in [3.8, 4) is 12.3 Å². The van der Waals surface area contributed by atoms with Crippen LogP contribution in [0.15, 0.2) is 0 Å². The van der Waals surface area contributed by atoms with Gasteiger partial charge in [0.25, 0.3) is 0 Å². The second-order valence-electron chi connectivity index (χ2n) is 4.64. The largest absolute Gasteiger partial charge is 0.480 e. The zero-order valence-corrected chi connectivity index (χ0v) is 12.1. The molecule has 1 fully saturated rings. The smallest absolute Gasteiger partial charge is 0.327 e. The summed E-state index contributed by atoms with van der Waals surface area (Å²) in [5.41, 5.74) is 0. The average Bonchev–Trinajstić information content (AvgIpc) is 2.79. The molecule has 0 aromatic heterocycles. The SMILES string of the molecule is C#CCCCCC(=O)N1C(CCC)SCC1C(=O)O. The highest BCUT2D eigenvalue weighted by Crippen LogP contribution is 2.33. The molecule has 2 unspecified atom stereocenters. The molecule has 1 amide bonds. The molecule has 0 radical (unpaired) electrons. The maximum absolute atomic E-state index is 12.2. The highest BCUT2D eigenvalue weighted by atomic mass is 32.2. The van der Waals surface area contributed by atoms with Gasteiger partial charge in [-0.25, -0.2) is 4.79 Å². The maximum Gasteiger partial charge on any atom is 0.327 e. The monoisotopic (exact) mass is 283 g/mol. The van der Waals surface area contributed by atoms with Gasteiger partial charge in [0.1, 0.15) is 6.04 Å². The Kier molecular flexibility index (Phi) is 6.79. The van der Waals surface area contributed by atoms with Crippen molar-refractivity contribution in [3.63, 3.8) is 0 Å². The van der Waals surface area contributed by atoms with E-state index in [2.05, 4.69) is 5.92 Å². The van der Waals surface area contributed by atoms with Gasteiger partial charge in [-0.3, -0.25) is 4.79 Å². The highest BCUT2D eigenvalue weighted by molar-refractivity contribution is 8.00. The summed E-state index contributed by atoms with van der Waals surface area (Å²) in [5.74, 6) is 2.09. The van der Waals surface area contributed by atoms with Crippen LogP contribution in [0.3, 0.4) is 0 Å². The predicted octanol–water partition coefficient (Wildman–Crippen LogP) is 2.33. The Labute approximate surface area is 118 Å². The van der Waals surface area contributed by atoms with E-state index in [1.165, 1.54) is 0 Å². The summed E-state index contributed by atoms with van der Waals surface area (Å²) < 4.78 is 0. The maximum atomic E-state index is 12.2. The van der Waals surface area contributed by atoms with E-state index in [0.717, 1.165) is 25.7 Å². The van der Waals surface area contributed by atoms with Gasteiger partial charge in [-0.15, -0.1) is 24.1 Å². The molecule has 0 aromatic rings. The number of rotatable bonds is 7. The molecule has 1 rings (SSSR count). The lowest BCUT2D eigenvalue weighted by atomic mass is 10.1. The van der Waals surface area contributed by atoms with Crippen molar-refractivity contribution in [1.82, 2.24) is 4.90 Å². The van der Waals surface area contributed by atoms with Crippen LogP contribution in [-0.2, 0) is 9.59 Å². The summed E-state index contributed by atoms with van der Waals surface area (Å²) in [6, 6.07) is -0.665. The van der Waals surface area contributed by atoms with Crippen LogP contribution in [0.5, 0.6) is 0 Å². The highest BCUT2D eigenvalue weighted by Gasteiger charge is 2.40. The van der Waals surface area contributed by atoms with E-state index in [1.807, 2.05) is 6.92 Å². The van der Waals surface area contributed by atoms with Gasteiger partial charge in [-0.2, -0.15) is 0 Å². The molecule has 1 saturated heterocycles. The van der Waals surface area contributed by atoms with E-state index in [4.69, 9.17) is 6.42 Å². The van der Waals surface area contributed by atoms with Gasteiger partial charge in [-0.1, -0.05) is 13.3 Å². The second-order valence-corrected chi connectivity index (χ2v) is 5.85. The molecule has 5 heteroatoms. The Morgan fingerprint density at radius 3 is 2.79 bits per heavy atom. The van der Waals surface area contributed by atoms with Crippen LogP contribution in [0.25, 0.3) is 0 Å². The quantitative estimate of drug-likeness (QED) is 0.575. The molecule has 106 valence electrons. The van der Waals surface area contributed by atoms with Crippen molar-refractivity contribution in [3.05, 3.63) is 0 Å². The number of unbranched alkanes of at least 4 members (excludes halogenated alkanes) is 2. The molecule has 1 N–H and O–H groups in total. The zero-order valence-electron chi connectivity index (χ0n) is 11.3. The summed E-state index contributed by atoms with van der Waals surface area (Å²) in [6.45, 7) is 2.05. The Hall–Kier alpha value is -1.15. The fourth-order valence-corrected chi connectivity index (χ4v) is 3.73. The molecule has 1 aliphatic heterocycles. The van der Waals surface area contributed by atoms with Crippen LogP contribution in [0.1, 0.15) is 45.4 Å². The summed E-state index contributed by atoms with van der Waals surface area (Å²) >= 11 is 1.58. The number of carbonyl (C=O) groups is 2. The van der Waals surface area contributed by atoms with E-state index in [0.29, 0.717) is 18.6 Å². The van der Waals surface area contributed by atoms with Gasteiger partial charge >= 0.3 is 5.97 Å². The van der Waals surface area contributed by atoms with Crippen LogP contribution in [0.4, 0.5) is 0 Å². The molecule has 0 aromatic carbocycles. The van der Waals surface area contributed by atoms with Gasteiger partial charge in [0.05, 0.1) is 5.37 Å². The van der Waals surface area contributed by atoms with E-state index >= 15 is 0 Å². The van der Waals surface area contributed by atoms with E-state index in [9.17, 15) is 14.7 Å². The number of hydrogen-bond donors (Lipinski definition) is 1. The zero-order chi connectivity index (χ0) is 14.3. The van der Waals surface area contributed by atoms with Gasteiger partial charge in [0.15, 0.2) is 0 Å². The van der Waals surface area contributed by atoms with Crippen LogP contribution in [-0.4, -0.2) is 39.1 Å². The predicted molar refractivity (Wildman–Crippen MR) is 76.7 cm³/mol. The van der Waals surface area contributed by atoms with Gasteiger partial charge in [0.2, 0.25) is 5.91 Å². The lowest BCUT2D eigenvalue weighted by molar-refractivity contribution is -0.149. The minimum absolute atomic E-state index is 0.0197. The topological polar surface area (TPSA) is 57.6 Å². The van der Waals surface area contributed by atoms with Crippen LogP contribution in [0.2, 0.25) is 0 Å². The molecule has 0 bridgehead atoms. The minimum atomic E-state index is -0.900. The number of amides is 1. The van der Waals surface area contributed by atoms with Gasteiger partial charge in [0, 0.05) is 18.6 Å². The molecule has 0 saturated carbocycles. The minimum Gasteiger partial charge on any atom is -0.480 e. The van der Waals surface area contributed by atoms with Gasteiger partial charge in [-0.05, 0) is 19.3 Å². The second kappa shape index (κ2) is 8.11. The van der Waals surface area contributed by atoms with Crippen LogP contribution >= 0.6 is 11.8 Å². The third-order valence-corrected chi connectivity index (χ3v) is 4.52. The number of aliphatic carboxylic acids is 1. The third kappa shape index (κ3) is 4.46. The Bertz CT molecular complexity index is 364. The molecule has 4 nitrogen and oxygen atoms in total.